The van der Waals surface area contributed by atoms with E-state index in [-0.39, 0.29) is 31.0 Å². The van der Waals surface area contributed by atoms with Crippen molar-refractivity contribution in [2.75, 3.05) is 19.7 Å². The smallest absolute Gasteiger partial charge is 0.336 e. The number of nitrogens with zero attached hydrogens (tertiary/aromatic N) is 1. The number of likely N-dealkylation sites (tertiary alicyclic amines) is 1. The lowest BCUT2D eigenvalue weighted by atomic mass is 9.92. The third kappa shape index (κ3) is 4.52. The molecular weight excluding hydrogens is 344 g/mol. The molecule has 2 atom stereocenters. The molecular formula is C18H23ClN2O4. The van der Waals surface area contributed by atoms with Crippen LogP contribution in [-0.2, 0) is 4.79 Å². The van der Waals surface area contributed by atoms with Gasteiger partial charge < -0.3 is 19.8 Å². The van der Waals surface area contributed by atoms with Crippen molar-refractivity contribution >= 4 is 29.3 Å². The fourth-order valence-electron chi connectivity index (χ4n) is 3.16. The molecule has 0 saturated carbocycles. The highest BCUT2D eigenvalue weighted by Gasteiger charge is 2.28. The molecule has 6 nitrogen and oxygen atoms in total. The van der Waals surface area contributed by atoms with Crippen molar-refractivity contribution in [2.45, 2.75) is 25.8 Å². The fourth-order valence-corrected chi connectivity index (χ4v) is 3.16. The van der Waals surface area contributed by atoms with Gasteiger partial charge >= 0.3 is 5.63 Å². The van der Waals surface area contributed by atoms with Gasteiger partial charge in [0.15, 0.2) is 6.61 Å². The van der Waals surface area contributed by atoms with Gasteiger partial charge in [-0.05, 0) is 37.0 Å². The lowest BCUT2D eigenvalue weighted by Crippen LogP contribution is -2.50. The molecule has 2 unspecified atom stereocenters. The maximum absolute atomic E-state index is 12.4. The maximum Gasteiger partial charge on any atom is 0.336 e. The highest BCUT2D eigenvalue weighted by Crippen LogP contribution is 2.23. The lowest BCUT2D eigenvalue weighted by Gasteiger charge is -2.37. The van der Waals surface area contributed by atoms with Crippen LogP contribution < -0.4 is 16.1 Å². The van der Waals surface area contributed by atoms with Crippen molar-refractivity contribution in [3.8, 4) is 5.75 Å². The summed E-state index contributed by atoms with van der Waals surface area (Å²) in [7, 11) is 0. The third-order valence-corrected chi connectivity index (χ3v) is 4.53. The van der Waals surface area contributed by atoms with Crippen molar-refractivity contribution in [3.63, 3.8) is 0 Å². The highest BCUT2D eigenvalue weighted by atomic mass is 35.5. The van der Waals surface area contributed by atoms with E-state index in [1.807, 2.05) is 4.90 Å². The SMILES string of the molecule is CC1CCN(C(=O)COc2ccc3ccc(=O)oc3c2)C(CN)C1.Cl. The van der Waals surface area contributed by atoms with Gasteiger partial charge in [0.25, 0.3) is 5.91 Å². The van der Waals surface area contributed by atoms with Crippen LogP contribution in [0.5, 0.6) is 5.75 Å². The normalized spacial score (nSPS) is 20.2. The van der Waals surface area contributed by atoms with Crippen molar-refractivity contribution in [1.82, 2.24) is 4.90 Å². The van der Waals surface area contributed by atoms with Gasteiger partial charge in [-0.2, -0.15) is 0 Å². The topological polar surface area (TPSA) is 85.8 Å². The average Bonchev–Trinajstić information content (AvgIpc) is 2.59. The maximum atomic E-state index is 12.4. The molecule has 2 aromatic rings. The quantitative estimate of drug-likeness (QED) is 0.838. The summed E-state index contributed by atoms with van der Waals surface area (Å²) >= 11 is 0. The molecule has 0 radical (unpaired) electrons. The van der Waals surface area contributed by atoms with Crippen molar-refractivity contribution < 1.29 is 13.9 Å². The van der Waals surface area contributed by atoms with Crippen LogP contribution in [0.3, 0.4) is 0 Å². The summed E-state index contributed by atoms with van der Waals surface area (Å²) in [5.74, 6) is 1.03. The zero-order chi connectivity index (χ0) is 17.1. The molecule has 1 aromatic heterocycles. The number of fused-ring (bicyclic) bond motifs is 1. The first-order chi connectivity index (χ1) is 11.6. The summed E-state index contributed by atoms with van der Waals surface area (Å²) in [4.78, 5) is 25.5. The fraction of sp³-hybridized carbons (Fsp3) is 0.444. The zero-order valence-electron chi connectivity index (χ0n) is 14.1. The molecule has 2 heterocycles. The van der Waals surface area contributed by atoms with Gasteiger partial charge in [0, 0.05) is 36.7 Å². The minimum Gasteiger partial charge on any atom is -0.484 e. The number of benzene rings is 1. The molecule has 1 aromatic carbocycles. The minimum atomic E-state index is -0.413. The predicted octanol–water partition coefficient (Wildman–Crippen LogP) is 2.18. The molecule has 0 aliphatic carbocycles. The Labute approximate surface area is 152 Å². The summed E-state index contributed by atoms with van der Waals surface area (Å²) in [5.41, 5.74) is 5.83. The first-order valence-corrected chi connectivity index (χ1v) is 8.23. The van der Waals surface area contributed by atoms with Gasteiger partial charge in [-0.25, -0.2) is 4.79 Å². The third-order valence-electron chi connectivity index (χ3n) is 4.53. The second-order valence-corrected chi connectivity index (χ2v) is 6.35. The van der Waals surface area contributed by atoms with Gasteiger partial charge in [0.1, 0.15) is 11.3 Å². The van der Waals surface area contributed by atoms with Crippen LogP contribution >= 0.6 is 12.4 Å². The molecule has 1 saturated heterocycles. The molecule has 1 fully saturated rings. The Morgan fingerprint density at radius 2 is 2.12 bits per heavy atom. The number of carbonyl (C=O) groups excluding carboxylic acids is 1. The van der Waals surface area contributed by atoms with Gasteiger partial charge in [-0.15, -0.1) is 12.4 Å². The summed E-state index contributed by atoms with van der Waals surface area (Å²) in [6.45, 7) is 3.33. The van der Waals surface area contributed by atoms with E-state index in [1.165, 1.54) is 6.07 Å². The van der Waals surface area contributed by atoms with E-state index in [0.717, 1.165) is 24.8 Å². The van der Waals surface area contributed by atoms with Crippen LogP contribution in [0.2, 0.25) is 0 Å². The first-order valence-electron chi connectivity index (χ1n) is 8.23. The Balaban J connectivity index is 0.00000225. The van der Waals surface area contributed by atoms with Crippen LogP contribution in [0.4, 0.5) is 0 Å². The van der Waals surface area contributed by atoms with Gasteiger partial charge in [-0.1, -0.05) is 6.92 Å². The number of halogens is 1. The van der Waals surface area contributed by atoms with Crippen LogP contribution in [-0.4, -0.2) is 36.5 Å². The van der Waals surface area contributed by atoms with E-state index in [1.54, 1.807) is 24.3 Å². The van der Waals surface area contributed by atoms with E-state index in [4.69, 9.17) is 14.9 Å². The predicted molar refractivity (Wildman–Crippen MR) is 98.2 cm³/mol. The molecule has 1 aliphatic rings. The van der Waals surface area contributed by atoms with E-state index in [2.05, 4.69) is 6.92 Å². The zero-order valence-corrected chi connectivity index (χ0v) is 15.0. The second-order valence-electron chi connectivity index (χ2n) is 6.35. The monoisotopic (exact) mass is 366 g/mol. The van der Waals surface area contributed by atoms with Gasteiger partial charge in [-0.3, -0.25) is 4.79 Å². The van der Waals surface area contributed by atoms with Crippen LogP contribution in [0.1, 0.15) is 19.8 Å². The summed E-state index contributed by atoms with van der Waals surface area (Å²) < 4.78 is 10.7. The number of ether oxygens (including phenoxy) is 1. The van der Waals surface area contributed by atoms with E-state index in [0.29, 0.717) is 23.8 Å². The van der Waals surface area contributed by atoms with Gasteiger partial charge in [0.05, 0.1) is 0 Å². The minimum absolute atomic E-state index is 0. The van der Waals surface area contributed by atoms with Crippen molar-refractivity contribution in [1.29, 1.82) is 0 Å². The number of carbonyl (C=O) groups is 1. The number of amides is 1. The molecule has 0 bridgehead atoms. The van der Waals surface area contributed by atoms with E-state index in [9.17, 15) is 9.59 Å². The highest BCUT2D eigenvalue weighted by molar-refractivity contribution is 5.85. The number of rotatable bonds is 4. The average molecular weight is 367 g/mol. The van der Waals surface area contributed by atoms with Crippen molar-refractivity contribution in [2.24, 2.45) is 11.7 Å². The van der Waals surface area contributed by atoms with E-state index < -0.39 is 5.63 Å². The summed E-state index contributed by atoms with van der Waals surface area (Å²) in [5, 5.41) is 0.807. The largest absolute Gasteiger partial charge is 0.484 e. The molecule has 1 aliphatic heterocycles. The molecule has 2 N–H and O–H groups in total. The number of piperidine rings is 1. The van der Waals surface area contributed by atoms with Gasteiger partial charge in [0.2, 0.25) is 0 Å². The Bertz CT molecular complexity index is 792. The molecule has 3 rings (SSSR count). The molecule has 0 spiro atoms. The first kappa shape index (κ1) is 19.3. The molecule has 25 heavy (non-hydrogen) atoms. The number of nitrogens with two attached hydrogens (primary N) is 1. The molecule has 7 heteroatoms. The lowest BCUT2D eigenvalue weighted by molar-refractivity contribution is -0.137. The van der Waals surface area contributed by atoms with E-state index >= 15 is 0 Å². The Hall–Kier alpha value is -2.05. The van der Waals surface area contributed by atoms with Crippen LogP contribution in [0.15, 0.2) is 39.5 Å². The Morgan fingerprint density at radius 1 is 1.36 bits per heavy atom. The number of hydrogen-bond donors (Lipinski definition) is 1. The van der Waals surface area contributed by atoms with Crippen molar-refractivity contribution in [3.05, 3.63) is 40.8 Å². The van der Waals surface area contributed by atoms with Crippen LogP contribution in [0.25, 0.3) is 11.0 Å². The molecule has 136 valence electrons. The Morgan fingerprint density at radius 3 is 2.88 bits per heavy atom. The summed E-state index contributed by atoms with van der Waals surface area (Å²) in [6.07, 6.45) is 1.92. The van der Waals surface area contributed by atoms with Crippen LogP contribution in [0, 0.1) is 5.92 Å². The Kier molecular flexibility index (Phi) is 6.45. The second kappa shape index (κ2) is 8.36. The molecule has 1 amide bonds. The standard InChI is InChI=1S/C18H22N2O4.ClH/c1-12-6-7-20(14(8-12)10-19)17(21)11-23-15-4-2-13-3-5-18(22)24-16(13)9-15;/h2-5,9,12,14H,6-8,10-11,19H2,1H3;1H. The summed E-state index contributed by atoms with van der Waals surface area (Å²) in [6, 6.07) is 8.33. The number of hydrogen-bond acceptors (Lipinski definition) is 5.